The van der Waals surface area contributed by atoms with Gasteiger partial charge < -0.3 is 10.0 Å². The van der Waals surface area contributed by atoms with Crippen molar-refractivity contribution in [1.29, 1.82) is 0 Å². The molecule has 21 heavy (non-hydrogen) atoms. The van der Waals surface area contributed by atoms with Crippen molar-refractivity contribution in [2.45, 2.75) is 64.5 Å². The van der Waals surface area contributed by atoms with E-state index in [2.05, 4.69) is 6.92 Å². The average Bonchev–Trinajstić information content (AvgIpc) is 2.46. The van der Waals surface area contributed by atoms with Gasteiger partial charge in [-0.3, -0.25) is 14.5 Å². The molecule has 5 heteroatoms. The lowest BCUT2D eigenvalue weighted by Gasteiger charge is -2.40. The number of carbonyl (C=O) groups is 2. The van der Waals surface area contributed by atoms with Crippen LogP contribution in [0, 0.1) is 5.92 Å². The molecule has 2 rings (SSSR count). The first-order valence-corrected chi connectivity index (χ1v) is 8.31. The van der Waals surface area contributed by atoms with Gasteiger partial charge >= 0.3 is 5.97 Å². The van der Waals surface area contributed by atoms with E-state index in [1.807, 2.05) is 16.7 Å². The molecule has 0 aliphatic carbocycles. The number of amides is 1. The van der Waals surface area contributed by atoms with Crippen molar-refractivity contribution in [2.75, 3.05) is 19.6 Å². The summed E-state index contributed by atoms with van der Waals surface area (Å²) < 4.78 is 0. The fourth-order valence-corrected chi connectivity index (χ4v) is 3.87. The minimum absolute atomic E-state index is 0.113. The third-order valence-corrected chi connectivity index (χ3v) is 5.05. The minimum Gasteiger partial charge on any atom is -0.480 e. The molecule has 3 atom stereocenters. The second-order valence-corrected chi connectivity index (χ2v) is 6.52. The Morgan fingerprint density at radius 3 is 2.57 bits per heavy atom. The molecular weight excluding hydrogens is 268 g/mol. The van der Waals surface area contributed by atoms with Crippen molar-refractivity contribution in [3.05, 3.63) is 0 Å². The molecular formula is C16H28N2O3. The highest BCUT2D eigenvalue weighted by Crippen LogP contribution is 2.25. The van der Waals surface area contributed by atoms with E-state index in [4.69, 9.17) is 0 Å². The number of carbonyl (C=O) groups excluding carboxylic acids is 1. The zero-order valence-electron chi connectivity index (χ0n) is 13.3. The second-order valence-electron chi connectivity index (χ2n) is 6.52. The number of rotatable bonds is 4. The highest BCUT2D eigenvalue weighted by Gasteiger charge is 2.36. The number of carboxylic acid groups (broad SMARTS) is 1. The summed E-state index contributed by atoms with van der Waals surface area (Å²) in [4.78, 5) is 28.0. The Hall–Kier alpha value is -1.10. The largest absolute Gasteiger partial charge is 0.480 e. The van der Waals surface area contributed by atoms with E-state index in [9.17, 15) is 14.7 Å². The number of piperidine rings is 2. The summed E-state index contributed by atoms with van der Waals surface area (Å²) in [6.07, 6.45) is 6.26. The second kappa shape index (κ2) is 7.25. The number of hydrogen-bond donors (Lipinski definition) is 1. The maximum Gasteiger partial charge on any atom is 0.321 e. The first-order chi connectivity index (χ1) is 10.0. The molecule has 5 nitrogen and oxygen atoms in total. The van der Waals surface area contributed by atoms with Crippen LogP contribution in [0.15, 0.2) is 0 Å². The lowest BCUT2D eigenvalue weighted by Crippen LogP contribution is -2.54. The van der Waals surface area contributed by atoms with Gasteiger partial charge in [-0.15, -0.1) is 0 Å². The summed E-state index contributed by atoms with van der Waals surface area (Å²) in [6.45, 7) is 5.92. The van der Waals surface area contributed by atoms with Gasteiger partial charge in [-0.2, -0.15) is 0 Å². The predicted octanol–water partition coefficient (Wildman–Crippen LogP) is 1.96. The Balaban J connectivity index is 2.01. The van der Waals surface area contributed by atoms with Crippen LogP contribution in [0.5, 0.6) is 0 Å². The number of carboxylic acids is 1. The average molecular weight is 296 g/mol. The molecule has 0 aromatic carbocycles. The van der Waals surface area contributed by atoms with E-state index in [0.717, 1.165) is 45.2 Å². The first-order valence-electron chi connectivity index (χ1n) is 8.31. The maximum absolute atomic E-state index is 12.6. The summed E-state index contributed by atoms with van der Waals surface area (Å²) in [7, 11) is 0. The summed E-state index contributed by atoms with van der Waals surface area (Å²) in [5.74, 6) is -0.560. The van der Waals surface area contributed by atoms with Gasteiger partial charge in [0.2, 0.25) is 5.91 Å². The fraction of sp³-hybridized carbons (Fsp3) is 0.875. The highest BCUT2D eigenvalue weighted by molar-refractivity contribution is 5.80. The van der Waals surface area contributed by atoms with E-state index in [-0.39, 0.29) is 18.4 Å². The molecule has 2 saturated heterocycles. The van der Waals surface area contributed by atoms with E-state index in [0.29, 0.717) is 6.04 Å². The lowest BCUT2D eigenvalue weighted by molar-refractivity contribution is -0.149. The van der Waals surface area contributed by atoms with Crippen molar-refractivity contribution in [1.82, 2.24) is 9.80 Å². The predicted molar refractivity (Wildman–Crippen MR) is 81.0 cm³/mol. The van der Waals surface area contributed by atoms with Crippen molar-refractivity contribution < 1.29 is 14.7 Å². The quantitative estimate of drug-likeness (QED) is 0.861. The van der Waals surface area contributed by atoms with Crippen LogP contribution in [0.2, 0.25) is 0 Å². The van der Waals surface area contributed by atoms with Crippen LogP contribution >= 0.6 is 0 Å². The zero-order chi connectivity index (χ0) is 15.4. The molecule has 2 fully saturated rings. The SMILES string of the molecule is CCC1CCCCN1C(=O)CN1CCCC(C)C1C(=O)O. The molecule has 3 unspecified atom stereocenters. The Labute approximate surface area is 127 Å². The van der Waals surface area contributed by atoms with Gasteiger partial charge in [-0.25, -0.2) is 0 Å². The van der Waals surface area contributed by atoms with Gasteiger partial charge in [0.15, 0.2) is 0 Å². The summed E-state index contributed by atoms with van der Waals surface area (Å²) in [5.41, 5.74) is 0. The summed E-state index contributed by atoms with van der Waals surface area (Å²) in [5, 5.41) is 9.43. The van der Waals surface area contributed by atoms with Crippen LogP contribution in [-0.2, 0) is 9.59 Å². The van der Waals surface area contributed by atoms with Crippen LogP contribution in [0.3, 0.4) is 0 Å². The Kier molecular flexibility index (Phi) is 5.62. The van der Waals surface area contributed by atoms with Crippen LogP contribution < -0.4 is 0 Å². The number of nitrogens with zero attached hydrogens (tertiary/aromatic N) is 2. The fourth-order valence-electron chi connectivity index (χ4n) is 3.87. The molecule has 2 heterocycles. The third-order valence-electron chi connectivity index (χ3n) is 5.05. The molecule has 2 aliphatic heterocycles. The summed E-state index contributed by atoms with van der Waals surface area (Å²) in [6, 6.07) is -0.163. The van der Waals surface area contributed by atoms with Crippen LogP contribution in [0.1, 0.15) is 52.4 Å². The van der Waals surface area contributed by atoms with Crippen molar-refractivity contribution in [3.8, 4) is 0 Å². The zero-order valence-corrected chi connectivity index (χ0v) is 13.3. The number of aliphatic carboxylic acids is 1. The maximum atomic E-state index is 12.6. The molecule has 0 aromatic heterocycles. The standard InChI is InChI=1S/C16H28N2O3/c1-3-13-8-4-5-10-18(13)14(19)11-17-9-6-7-12(2)15(17)16(20)21/h12-13,15H,3-11H2,1-2H3,(H,20,21). The molecule has 0 spiro atoms. The van der Waals surface area contributed by atoms with Gasteiger partial charge in [0.25, 0.3) is 0 Å². The molecule has 1 amide bonds. The molecule has 0 saturated carbocycles. The lowest BCUT2D eigenvalue weighted by atomic mass is 9.90. The highest BCUT2D eigenvalue weighted by atomic mass is 16.4. The number of hydrogen-bond acceptors (Lipinski definition) is 3. The van der Waals surface area contributed by atoms with E-state index < -0.39 is 12.0 Å². The van der Waals surface area contributed by atoms with Gasteiger partial charge in [0.1, 0.15) is 6.04 Å². The van der Waals surface area contributed by atoms with Crippen molar-refractivity contribution >= 4 is 11.9 Å². The Morgan fingerprint density at radius 2 is 1.90 bits per heavy atom. The molecule has 1 N–H and O–H groups in total. The van der Waals surface area contributed by atoms with E-state index in [1.54, 1.807) is 0 Å². The van der Waals surface area contributed by atoms with E-state index >= 15 is 0 Å². The number of likely N-dealkylation sites (tertiary alicyclic amines) is 2. The topological polar surface area (TPSA) is 60.9 Å². The van der Waals surface area contributed by atoms with Gasteiger partial charge in [0.05, 0.1) is 6.54 Å². The molecule has 120 valence electrons. The van der Waals surface area contributed by atoms with Crippen LogP contribution in [-0.4, -0.2) is 58.5 Å². The Bertz CT molecular complexity index is 386. The van der Waals surface area contributed by atoms with Crippen molar-refractivity contribution in [2.24, 2.45) is 5.92 Å². The van der Waals surface area contributed by atoms with E-state index in [1.165, 1.54) is 6.42 Å². The monoisotopic (exact) mass is 296 g/mol. The molecule has 0 radical (unpaired) electrons. The molecule has 0 aromatic rings. The normalized spacial score (nSPS) is 31.1. The van der Waals surface area contributed by atoms with Gasteiger partial charge in [0, 0.05) is 12.6 Å². The summed E-state index contributed by atoms with van der Waals surface area (Å²) >= 11 is 0. The molecule has 0 bridgehead atoms. The first kappa shape index (κ1) is 16.3. The third kappa shape index (κ3) is 3.76. The van der Waals surface area contributed by atoms with Gasteiger partial charge in [-0.1, -0.05) is 13.8 Å². The molecule has 2 aliphatic rings. The van der Waals surface area contributed by atoms with Crippen LogP contribution in [0.25, 0.3) is 0 Å². The smallest absolute Gasteiger partial charge is 0.321 e. The van der Waals surface area contributed by atoms with Gasteiger partial charge in [-0.05, 0) is 51.0 Å². The van der Waals surface area contributed by atoms with Crippen molar-refractivity contribution in [3.63, 3.8) is 0 Å². The Morgan fingerprint density at radius 1 is 1.14 bits per heavy atom. The minimum atomic E-state index is -0.791. The van der Waals surface area contributed by atoms with Crippen LogP contribution in [0.4, 0.5) is 0 Å².